The van der Waals surface area contributed by atoms with Crippen molar-refractivity contribution >= 4 is 23.2 Å². The minimum Gasteiger partial charge on any atom is -0.344 e. The molecule has 2 heterocycles. The number of aryl methyl sites for hydroxylation is 1. The second-order valence-corrected chi connectivity index (χ2v) is 7.60. The molecular formula is C16H24N2O2S. The first-order chi connectivity index (χ1) is 9.82. The fraction of sp³-hybridized carbons (Fsp3) is 0.625. The Balaban J connectivity index is 2.22. The normalized spacial score (nSPS) is 20.4. The highest BCUT2D eigenvalue weighted by atomic mass is 32.1. The SMILES string of the molecule is CCc1ccsc1CN1CCC(=O)NC(C(C)(C)C)C1=O. The minimum absolute atomic E-state index is 0.0313. The second-order valence-electron chi connectivity index (χ2n) is 6.60. The van der Waals surface area contributed by atoms with E-state index in [9.17, 15) is 9.59 Å². The number of carbonyl (C=O) groups is 2. The van der Waals surface area contributed by atoms with Crippen LogP contribution >= 0.6 is 11.3 Å². The number of hydrogen-bond donors (Lipinski definition) is 1. The molecule has 0 spiro atoms. The van der Waals surface area contributed by atoms with Crippen molar-refractivity contribution in [2.45, 2.75) is 53.1 Å². The van der Waals surface area contributed by atoms with Crippen molar-refractivity contribution in [2.75, 3.05) is 6.54 Å². The zero-order valence-electron chi connectivity index (χ0n) is 13.2. The van der Waals surface area contributed by atoms with Crippen LogP contribution in [0.5, 0.6) is 0 Å². The van der Waals surface area contributed by atoms with Gasteiger partial charge in [-0.15, -0.1) is 11.3 Å². The molecule has 1 aliphatic heterocycles. The van der Waals surface area contributed by atoms with Gasteiger partial charge in [-0.3, -0.25) is 9.59 Å². The summed E-state index contributed by atoms with van der Waals surface area (Å²) in [5, 5.41) is 4.95. The van der Waals surface area contributed by atoms with Crippen LogP contribution in [-0.4, -0.2) is 29.3 Å². The van der Waals surface area contributed by atoms with Crippen LogP contribution < -0.4 is 5.32 Å². The first-order valence-electron chi connectivity index (χ1n) is 7.46. The van der Waals surface area contributed by atoms with E-state index in [-0.39, 0.29) is 17.2 Å². The average Bonchev–Trinajstić information content (AvgIpc) is 2.79. The van der Waals surface area contributed by atoms with Crippen LogP contribution in [0.15, 0.2) is 11.4 Å². The third-order valence-corrected chi connectivity index (χ3v) is 4.84. The molecule has 21 heavy (non-hydrogen) atoms. The van der Waals surface area contributed by atoms with Crippen molar-refractivity contribution in [2.24, 2.45) is 5.41 Å². The summed E-state index contributed by atoms with van der Waals surface area (Å²) < 4.78 is 0. The summed E-state index contributed by atoms with van der Waals surface area (Å²) >= 11 is 1.69. The van der Waals surface area contributed by atoms with Gasteiger partial charge in [-0.1, -0.05) is 27.7 Å². The van der Waals surface area contributed by atoms with Crippen molar-refractivity contribution < 1.29 is 9.59 Å². The van der Waals surface area contributed by atoms with E-state index in [1.54, 1.807) is 11.3 Å². The quantitative estimate of drug-likeness (QED) is 0.933. The van der Waals surface area contributed by atoms with E-state index in [4.69, 9.17) is 0 Å². The van der Waals surface area contributed by atoms with Crippen molar-refractivity contribution in [3.05, 3.63) is 21.9 Å². The molecule has 4 nitrogen and oxygen atoms in total. The molecular weight excluding hydrogens is 284 g/mol. The summed E-state index contributed by atoms with van der Waals surface area (Å²) in [7, 11) is 0. The predicted octanol–water partition coefficient (Wildman–Crippen LogP) is 2.57. The Kier molecular flexibility index (Phi) is 4.71. The molecule has 1 aliphatic rings. The summed E-state index contributed by atoms with van der Waals surface area (Å²) in [6, 6.07) is 1.67. The fourth-order valence-corrected chi connectivity index (χ4v) is 3.55. The Hall–Kier alpha value is -1.36. The molecule has 1 aromatic rings. The maximum Gasteiger partial charge on any atom is 0.246 e. The van der Waals surface area contributed by atoms with Gasteiger partial charge in [0.1, 0.15) is 6.04 Å². The third kappa shape index (κ3) is 3.64. The Morgan fingerprint density at radius 3 is 2.71 bits per heavy atom. The number of nitrogens with one attached hydrogen (secondary N) is 1. The molecule has 1 atom stereocenters. The van der Waals surface area contributed by atoms with Gasteiger partial charge in [0.25, 0.3) is 0 Å². The van der Waals surface area contributed by atoms with E-state index in [0.29, 0.717) is 19.5 Å². The second kappa shape index (κ2) is 6.18. The summed E-state index contributed by atoms with van der Waals surface area (Å²) in [5.41, 5.74) is 1.02. The van der Waals surface area contributed by atoms with Gasteiger partial charge < -0.3 is 10.2 Å². The van der Waals surface area contributed by atoms with Crippen LogP contribution in [0, 0.1) is 5.41 Å². The average molecular weight is 308 g/mol. The van der Waals surface area contributed by atoms with Crippen LogP contribution in [0.2, 0.25) is 0 Å². The molecule has 0 radical (unpaired) electrons. The Morgan fingerprint density at radius 2 is 2.10 bits per heavy atom. The number of thiophene rings is 1. The van der Waals surface area contributed by atoms with Crippen LogP contribution in [0.1, 0.15) is 44.6 Å². The Labute approximate surface area is 130 Å². The Bertz CT molecular complexity index is 531. The number of nitrogens with zero attached hydrogens (tertiary/aromatic N) is 1. The van der Waals surface area contributed by atoms with Crippen molar-refractivity contribution in [3.63, 3.8) is 0 Å². The van der Waals surface area contributed by atoms with Gasteiger partial charge in [-0.05, 0) is 28.8 Å². The molecule has 1 fully saturated rings. The molecule has 1 unspecified atom stereocenters. The van der Waals surface area contributed by atoms with E-state index >= 15 is 0 Å². The highest BCUT2D eigenvalue weighted by Gasteiger charge is 2.37. The lowest BCUT2D eigenvalue weighted by Crippen LogP contribution is -2.51. The molecule has 1 N–H and O–H groups in total. The number of amides is 2. The number of rotatable bonds is 3. The van der Waals surface area contributed by atoms with Crippen LogP contribution in [0.3, 0.4) is 0 Å². The zero-order valence-corrected chi connectivity index (χ0v) is 14.0. The van der Waals surface area contributed by atoms with Crippen molar-refractivity contribution in [1.29, 1.82) is 0 Å². The molecule has 5 heteroatoms. The summed E-state index contributed by atoms with van der Waals surface area (Å²) in [4.78, 5) is 27.7. The zero-order chi connectivity index (χ0) is 15.6. The lowest BCUT2D eigenvalue weighted by Gasteiger charge is -2.32. The minimum atomic E-state index is -0.447. The number of carbonyl (C=O) groups excluding carboxylic acids is 2. The highest BCUT2D eigenvalue weighted by Crippen LogP contribution is 2.26. The monoisotopic (exact) mass is 308 g/mol. The van der Waals surface area contributed by atoms with E-state index in [0.717, 1.165) is 6.42 Å². The molecule has 1 aromatic heterocycles. The van der Waals surface area contributed by atoms with Crippen molar-refractivity contribution in [3.8, 4) is 0 Å². The third-order valence-electron chi connectivity index (χ3n) is 3.89. The van der Waals surface area contributed by atoms with Gasteiger partial charge in [-0.25, -0.2) is 0 Å². The van der Waals surface area contributed by atoms with Gasteiger partial charge in [-0.2, -0.15) is 0 Å². The molecule has 116 valence electrons. The smallest absolute Gasteiger partial charge is 0.246 e. The summed E-state index contributed by atoms with van der Waals surface area (Å²) in [6.45, 7) is 9.20. The van der Waals surface area contributed by atoms with Gasteiger partial charge in [0, 0.05) is 17.8 Å². The van der Waals surface area contributed by atoms with E-state index in [2.05, 4.69) is 23.7 Å². The molecule has 2 rings (SSSR count). The maximum absolute atomic E-state index is 12.8. The van der Waals surface area contributed by atoms with Gasteiger partial charge >= 0.3 is 0 Å². The maximum atomic E-state index is 12.8. The molecule has 0 aliphatic carbocycles. The predicted molar refractivity (Wildman–Crippen MR) is 85.1 cm³/mol. The van der Waals surface area contributed by atoms with E-state index < -0.39 is 6.04 Å². The van der Waals surface area contributed by atoms with Crippen LogP contribution in [0.4, 0.5) is 0 Å². The molecule has 1 saturated heterocycles. The van der Waals surface area contributed by atoms with Crippen LogP contribution in [-0.2, 0) is 22.6 Å². The molecule has 0 saturated carbocycles. The number of hydrogen-bond acceptors (Lipinski definition) is 3. The fourth-order valence-electron chi connectivity index (χ4n) is 2.56. The Morgan fingerprint density at radius 1 is 1.38 bits per heavy atom. The largest absolute Gasteiger partial charge is 0.344 e. The first kappa shape index (κ1) is 16.0. The van der Waals surface area contributed by atoms with E-state index in [1.807, 2.05) is 25.7 Å². The first-order valence-corrected chi connectivity index (χ1v) is 8.34. The lowest BCUT2D eigenvalue weighted by molar-refractivity contribution is -0.136. The van der Waals surface area contributed by atoms with Crippen LogP contribution in [0.25, 0.3) is 0 Å². The standard InChI is InChI=1S/C16H24N2O2S/c1-5-11-7-9-21-12(11)10-18-8-6-13(19)17-14(15(18)20)16(2,3)4/h7,9,14H,5-6,8,10H2,1-4H3,(H,17,19). The lowest BCUT2D eigenvalue weighted by atomic mass is 9.86. The van der Waals surface area contributed by atoms with Gasteiger partial charge in [0.05, 0.1) is 6.54 Å². The molecule has 0 bridgehead atoms. The molecule has 0 aromatic carbocycles. The summed E-state index contributed by atoms with van der Waals surface area (Å²) in [5.74, 6) is -0.00327. The van der Waals surface area contributed by atoms with Gasteiger partial charge in [0.2, 0.25) is 11.8 Å². The topological polar surface area (TPSA) is 49.4 Å². The van der Waals surface area contributed by atoms with Gasteiger partial charge in [0.15, 0.2) is 0 Å². The molecule has 2 amide bonds. The summed E-state index contributed by atoms with van der Waals surface area (Å²) in [6.07, 6.45) is 1.35. The highest BCUT2D eigenvalue weighted by molar-refractivity contribution is 7.10. The van der Waals surface area contributed by atoms with Crippen molar-refractivity contribution in [1.82, 2.24) is 10.2 Å². The van der Waals surface area contributed by atoms with E-state index in [1.165, 1.54) is 10.4 Å².